The average molecular weight is 341 g/mol. The minimum Gasteiger partial charge on any atom is -0.347 e. The summed E-state index contributed by atoms with van der Waals surface area (Å²) in [6.45, 7) is 6.37. The Bertz CT molecular complexity index is 682. The number of aromatic nitrogens is 3. The molecule has 1 fully saturated rings. The zero-order chi connectivity index (χ0) is 17.6. The molecule has 0 spiro atoms. The first-order valence-electron chi connectivity index (χ1n) is 9.09. The second-order valence-electron chi connectivity index (χ2n) is 6.93. The van der Waals surface area contributed by atoms with Crippen molar-refractivity contribution in [3.8, 4) is 0 Å². The molecule has 2 heterocycles. The number of amides is 1. The fourth-order valence-corrected chi connectivity index (χ4v) is 3.40. The van der Waals surface area contributed by atoms with Gasteiger partial charge in [-0.15, -0.1) is 10.2 Å². The highest BCUT2D eigenvalue weighted by Crippen LogP contribution is 2.20. The molecule has 0 bridgehead atoms. The van der Waals surface area contributed by atoms with Gasteiger partial charge in [-0.25, -0.2) is 0 Å². The Hall–Kier alpha value is -2.21. The number of nitrogens with zero attached hydrogens (tertiary/aromatic N) is 4. The van der Waals surface area contributed by atoms with Crippen LogP contribution in [-0.2, 0) is 17.9 Å². The molecule has 1 N–H and O–H groups in total. The van der Waals surface area contributed by atoms with Crippen LogP contribution in [0.25, 0.3) is 0 Å². The number of carbonyl (C=O) groups excluding carboxylic acids is 1. The highest BCUT2D eigenvalue weighted by atomic mass is 16.2. The SMILES string of the molecule is CC(C)n1cnnc1CNC(=O)C1CCCCN1Cc1ccccc1. The Labute approximate surface area is 149 Å². The molecule has 25 heavy (non-hydrogen) atoms. The minimum absolute atomic E-state index is 0.0654. The maximum absolute atomic E-state index is 12.8. The topological polar surface area (TPSA) is 63.1 Å². The van der Waals surface area contributed by atoms with Crippen molar-refractivity contribution in [1.29, 1.82) is 0 Å². The number of hydrogen-bond donors (Lipinski definition) is 1. The van der Waals surface area contributed by atoms with Gasteiger partial charge in [0, 0.05) is 12.6 Å². The molecule has 6 nitrogen and oxygen atoms in total. The summed E-state index contributed by atoms with van der Waals surface area (Å²) in [4.78, 5) is 15.1. The Morgan fingerprint density at radius 2 is 2.08 bits per heavy atom. The van der Waals surface area contributed by atoms with E-state index in [2.05, 4.69) is 46.4 Å². The number of piperidine rings is 1. The summed E-state index contributed by atoms with van der Waals surface area (Å²) in [5, 5.41) is 11.1. The van der Waals surface area contributed by atoms with Crippen LogP contribution < -0.4 is 5.32 Å². The molecule has 0 radical (unpaired) electrons. The van der Waals surface area contributed by atoms with Gasteiger partial charge in [0.15, 0.2) is 5.82 Å². The van der Waals surface area contributed by atoms with Crippen molar-refractivity contribution in [3.63, 3.8) is 0 Å². The lowest BCUT2D eigenvalue weighted by molar-refractivity contribution is -0.128. The molecule has 0 saturated carbocycles. The van der Waals surface area contributed by atoms with Gasteiger partial charge in [0.25, 0.3) is 0 Å². The number of rotatable bonds is 6. The monoisotopic (exact) mass is 341 g/mol. The van der Waals surface area contributed by atoms with E-state index in [-0.39, 0.29) is 18.0 Å². The molecule has 1 saturated heterocycles. The molecule has 3 rings (SSSR count). The van der Waals surface area contributed by atoms with E-state index in [0.29, 0.717) is 6.54 Å². The fraction of sp³-hybridized carbons (Fsp3) is 0.526. The van der Waals surface area contributed by atoms with Crippen molar-refractivity contribution in [1.82, 2.24) is 25.0 Å². The smallest absolute Gasteiger partial charge is 0.237 e. The zero-order valence-electron chi connectivity index (χ0n) is 15.1. The van der Waals surface area contributed by atoms with Crippen LogP contribution in [0, 0.1) is 0 Å². The lowest BCUT2D eigenvalue weighted by Gasteiger charge is -2.34. The summed E-state index contributed by atoms with van der Waals surface area (Å²) in [6, 6.07) is 10.6. The van der Waals surface area contributed by atoms with Crippen molar-refractivity contribution in [2.45, 2.75) is 58.3 Å². The van der Waals surface area contributed by atoms with Gasteiger partial charge in [0.05, 0.1) is 12.6 Å². The Morgan fingerprint density at radius 3 is 2.84 bits per heavy atom. The molecular formula is C19H27N5O. The third kappa shape index (κ3) is 4.45. The predicted molar refractivity (Wildman–Crippen MR) is 96.7 cm³/mol. The predicted octanol–water partition coefficient (Wildman–Crippen LogP) is 2.53. The van der Waals surface area contributed by atoms with Crippen LogP contribution in [0.3, 0.4) is 0 Å². The van der Waals surface area contributed by atoms with Gasteiger partial charge in [-0.1, -0.05) is 36.8 Å². The first-order chi connectivity index (χ1) is 12.1. The van der Waals surface area contributed by atoms with Crippen LogP contribution in [-0.4, -0.2) is 38.2 Å². The number of nitrogens with one attached hydrogen (secondary N) is 1. The van der Waals surface area contributed by atoms with Crippen LogP contribution in [0.5, 0.6) is 0 Å². The van der Waals surface area contributed by atoms with Crippen LogP contribution in [0.15, 0.2) is 36.7 Å². The van der Waals surface area contributed by atoms with E-state index in [1.165, 1.54) is 5.56 Å². The molecular weight excluding hydrogens is 314 g/mol. The van der Waals surface area contributed by atoms with Gasteiger partial charge in [-0.05, 0) is 38.8 Å². The molecule has 1 amide bonds. The van der Waals surface area contributed by atoms with Crippen LogP contribution >= 0.6 is 0 Å². The standard InChI is InChI=1S/C19H27N5O/c1-15(2)24-14-21-22-18(24)12-20-19(25)17-10-6-7-11-23(17)13-16-8-4-3-5-9-16/h3-5,8-9,14-15,17H,6-7,10-13H2,1-2H3,(H,20,25). The highest BCUT2D eigenvalue weighted by Gasteiger charge is 2.28. The largest absolute Gasteiger partial charge is 0.347 e. The van der Waals surface area contributed by atoms with E-state index >= 15 is 0 Å². The maximum Gasteiger partial charge on any atom is 0.237 e. The Kier molecular flexibility index (Phi) is 5.81. The van der Waals surface area contributed by atoms with Crippen molar-refractivity contribution in [3.05, 3.63) is 48.0 Å². The van der Waals surface area contributed by atoms with E-state index in [1.54, 1.807) is 6.33 Å². The van der Waals surface area contributed by atoms with Gasteiger partial charge in [-0.3, -0.25) is 9.69 Å². The lowest BCUT2D eigenvalue weighted by Crippen LogP contribution is -2.49. The molecule has 6 heteroatoms. The van der Waals surface area contributed by atoms with Crippen LogP contribution in [0.4, 0.5) is 0 Å². The van der Waals surface area contributed by atoms with Gasteiger partial charge in [-0.2, -0.15) is 0 Å². The Balaban J connectivity index is 1.61. The lowest BCUT2D eigenvalue weighted by atomic mass is 10.0. The van der Waals surface area contributed by atoms with Crippen molar-refractivity contribution in [2.24, 2.45) is 0 Å². The first kappa shape index (κ1) is 17.6. The summed E-state index contributed by atoms with van der Waals surface area (Å²) in [5.41, 5.74) is 1.25. The molecule has 1 aliphatic heterocycles. The summed E-state index contributed by atoms with van der Waals surface area (Å²) >= 11 is 0. The molecule has 1 aromatic heterocycles. The Morgan fingerprint density at radius 1 is 1.28 bits per heavy atom. The van der Waals surface area contributed by atoms with Gasteiger partial charge in [0.1, 0.15) is 6.33 Å². The zero-order valence-corrected chi connectivity index (χ0v) is 15.1. The molecule has 1 aliphatic rings. The molecule has 1 atom stereocenters. The quantitative estimate of drug-likeness (QED) is 0.877. The third-order valence-corrected chi connectivity index (χ3v) is 4.77. The van der Waals surface area contributed by atoms with E-state index < -0.39 is 0 Å². The summed E-state index contributed by atoms with van der Waals surface area (Å²) < 4.78 is 1.99. The van der Waals surface area contributed by atoms with Crippen LogP contribution in [0.1, 0.15) is 50.5 Å². The maximum atomic E-state index is 12.8. The number of carbonyl (C=O) groups is 1. The van der Waals surface area contributed by atoms with E-state index in [9.17, 15) is 4.79 Å². The van der Waals surface area contributed by atoms with Gasteiger partial charge < -0.3 is 9.88 Å². The van der Waals surface area contributed by atoms with E-state index in [0.717, 1.165) is 38.2 Å². The number of hydrogen-bond acceptors (Lipinski definition) is 4. The summed E-state index contributed by atoms with van der Waals surface area (Å²) in [7, 11) is 0. The molecule has 1 unspecified atom stereocenters. The molecule has 134 valence electrons. The third-order valence-electron chi connectivity index (χ3n) is 4.77. The fourth-order valence-electron chi connectivity index (χ4n) is 3.40. The summed E-state index contributed by atoms with van der Waals surface area (Å²) in [6.07, 6.45) is 4.88. The van der Waals surface area contributed by atoms with E-state index in [4.69, 9.17) is 0 Å². The second kappa shape index (κ2) is 8.25. The van der Waals surface area contributed by atoms with E-state index in [1.807, 2.05) is 22.8 Å². The number of benzene rings is 1. The van der Waals surface area contributed by atoms with Gasteiger partial charge in [0.2, 0.25) is 5.91 Å². The normalized spacial score (nSPS) is 18.4. The van der Waals surface area contributed by atoms with Crippen molar-refractivity contribution in [2.75, 3.05) is 6.54 Å². The minimum atomic E-state index is -0.0654. The number of likely N-dealkylation sites (tertiary alicyclic amines) is 1. The molecule has 0 aliphatic carbocycles. The van der Waals surface area contributed by atoms with Crippen LogP contribution in [0.2, 0.25) is 0 Å². The molecule has 1 aromatic carbocycles. The van der Waals surface area contributed by atoms with Gasteiger partial charge >= 0.3 is 0 Å². The summed E-state index contributed by atoms with van der Waals surface area (Å²) in [5.74, 6) is 0.891. The first-order valence-corrected chi connectivity index (χ1v) is 9.09. The van der Waals surface area contributed by atoms with Crippen molar-refractivity contribution < 1.29 is 4.79 Å². The van der Waals surface area contributed by atoms with Crippen molar-refractivity contribution >= 4 is 5.91 Å². The average Bonchev–Trinajstić information content (AvgIpc) is 3.10. The molecule has 2 aromatic rings. The highest BCUT2D eigenvalue weighted by molar-refractivity contribution is 5.81. The second-order valence-corrected chi connectivity index (χ2v) is 6.93.